The van der Waals surface area contributed by atoms with Gasteiger partial charge < -0.3 is 5.73 Å². The van der Waals surface area contributed by atoms with E-state index in [4.69, 9.17) is 5.73 Å². The summed E-state index contributed by atoms with van der Waals surface area (Å²) in [6.45, 7) is 2.08. The lowest BCUT2D eigenvalue weighted by Crippen LogP contribution is -2.12. The molecule has 3 heteroatoms. The highest BCUT2D eigenvalue weighted by atomic mass is 127. The fourth-order valence-corrected chi connectivity index (χ4v) is 2.71. The molecule has 0 aliphatic heterocycles. The standard InChI is InChI=1S/C14H13BrIN/c1-9-2-4-10(5-3-9)14(17)12-8-11(16)6-7-13(12)15/h2-8,14H,17H2,1H3. The van der Waals surface area contributed by atoms with E-state index in [0.717, 1.165) is 15.6 Å². The summed E-state index contributed by atoms with van der Waals surface area (Å²) in [5.74, 6) is 0. The highest BCUT2D eigenvalue weighted by molar-refractivity contribution is 14.1. The van der Waals surface area contributed by atoms with Crippen LogP contribution in [0.25, 0.3) is 0 Å². The molecule has 2 N–H and O–H groups in total. The average molecular weight is 402 g/mol. The smallest absolute Gasteiger partial charge is 0.0563 e. The molecule has 0 spiro atoms. The number of halogens is 2. The van der Waals surface area contributed by atoms with Gasteiger partial charge in [-0.05, 0) is 58.8 Å². The minimum absolute atomic E-state index is 0.0836. The van der Waals surface area contributed by atoms with Crippen molar-refractivity contribution in [2.45, 2.75) is 13.0 Å². The van der Waals surface area contributed by atoms with Crippen molar-refractivity contribution >= 4 is 38.5 Å². The summed E-state index contributed by atoms with van der Waals surface area (Å²) in [7, 11) is 0. The number of hydrogen-bond donors (Lipinski definition) is 1. The van der Waals surface area contributed by atoms with E-state index < -0.39 is 0 Å². The normalized spacial score (nSPS) is 12.5. The molecule has 0 fully saturated rings. The van der Waals surface area contributed by atoms with Crippen molar-refractivity contribution in [3.05, 3.63) is 67.2 Å². The van der Waals surface area contributed by atoms with Crippen LogP contribution in [0.5, 0.6) is 0 Å². The van der Waals surface area contributed by atoms with Crippen LogP contribution in [0.2, 0.25) is 0 Å². The van der Waals surface area contributed by atoms with Crippen LogP contribution in [0.1, 0.15) is 22.7 Å². The van der Waals surface area contributed by atoms with Gasteiger partial charge in [0.25, 0.3) is 0 Å². The molecular weight excluding hydrogens is 389 g/mol. The third-order valence-electron chi connectivity index (χ3n) is 2.73. The van der Waals surface area contributed by atoms with Crippen LogP contribution in [0.3, 0.4) is 0 Å². The number of benzene rings is 2. The summed E-state index contributed by atoms with van der Waals surface area (Å²) in [4.78, 5) is 0. The van der Waals surface area contributed by atoms with Crippen LogP contribution >= 0.6 is 38.5 Å². The van der Waals surface area contributed by atoms with Crippen molar-refractivity contribution < 1.29 is 0 Å². The van der Waals surface area contributed by atoms with E-state index in [2.05, 4.69) is 81.8 Å². The van der Waals surface area contributed by atoms with Gasteiger partial charge in [0.1, 0.15) is 0 Å². The van der Waals surface area contributed by atoms with Crippen LogP contribution in [0, 0.1) is 10.5 Å². The molecule has 1 nitrogen and oxygen atoms in total. The summed E-state index contributed by atoms with van der Waals surface area (Å²) in [6.07, 6.45) is 0. The maximum atomic E-state index is 6.30. The Bertz CT molecular complexity index is 522. The Balaban J connectivity index is 2.39. The summed E-state index contributed by atoms with van der Waals surface area (Å²) in [6, 6.07) is 14.5. The Morgan fingerprint density at radius 2 is 1.76 bits per heavy atom. The van der Waals surface area contributed by atoms with E-state index in [1.807, 2.05) is 6.07 Å². The van der Waals surface area contributed by atoms with Gasteiger partial charge in [0.2, 0.25) is 0 Å². The van der Waals surface area contributed by atoms with Crippen molar-refractivity contribution in [1.29, 1.82) is 0 Å². The van der Waals surface area contributed by atoms with Crippen molar-refractivity contribution in [1.82, 2.24) is 0 Å². The maximum Gasteiger partial charge on any atom is 0.0563 e. The second-order valence-electron chi connectivity index (χ2n) is 4.05. The monoisotopic (exact) mass is 401 g/mol. The van der Waals surface area contributed by atoms with Crippen LogP contribution < -0.4 is 5.73 Å². The first-order valence-corrected chi connectivity index (χ1v) is 7.22. The molecule has 0 bridgehead atoms. The average Bonchev–Trinajstić information content (AvgIpc) is 2.32. The van der Waals surface area contributed by atoms with Crippen molar-refractivity contribution in [3.63, 3.8) is 0 Å². The van der Waals surface area contributed by atoms with Crippen LogP contribution in [0.15, 0.2) is 46.9 Å². The molecule has 1 atom stereocenters. The molecule has 0 aliphatic rings. The molecule has 0 aromatic heterocycles. The van der Waals surface area contributed by atoms with Crippen molar-refractivity contribution in [2.24, 2.45) is 5.73 Å². The van der Waals surface area contributed by atoms with Gasteiger partial charge in [-0.3, -0.25) is 0 Å². The first-order valence-electron chi connectivity index (χ1n) is 5.35. The number of aryl methyl sites for hydroxylation is 1. The number of rotatable bonds is 2. The highest BCUT2D eigenvalue weighted by Crippen LogP contribution is 2.28. The van der Waals surface area contributed by atoms with E-state index >= 15 is 0 Å². The molecule has 0 saturated heterocycles. The van der Waals surface area contributed by atoms with Gasteiger partial charge in [0, 0.05) is 8.04 Å². The third kappa shape index (κ3) is 3.09. The van der Waals surface area contributed by atoms with E-state index in [0.29, 0.717) is 0 Å². The number of nitrogens with two attached hydrogens (primary N) is 1. The Morgan fingerprint density at radius 1 is 1.12 bits per heavy atom. The van der Waals surface area contributed by atoms with Gasteiger partial charge in [-0.2, -0.15) is 0 Å². The van der Waals surface area contributed by atoms with Crippen LogP contribution in [0.4, 0.5) is 0 Å². The molecule has 2 aromatic carbocycles. The van der Waals surface area contributed by atoms with Gasteiger partial charge in [-0.25, -0.2) is 0 Å². The molecular formula is C14H13BrIN. The zero-order valence-corrected chi connectivity index (χ0v) is 13.2. The van der Waals surface area contributed by atoms with Gasteiger partial charge in [-0.1, -0.05) is 45.8 Å². The Labute approximate surface area is 124 Å². The Morgan fingerprint density at radius 3 is 2.41 bits per heavy atom. The van der Waals surface area contributed by atoms with Crippen molar-refractivity contribution in [2.75, 3.05) is 0 Å². The molecule has 17 heavy (non-hydrogen) atoms. The topological polar surface area (TPSA) is 26.0 Å². The zero-order valence-electron chi connectivity index (χ0n) is 9.45. The van der Waals surface area contributed by atoms with E-state index in [9.17, 15) is 0 Å². The SMILES string of the molecule is Cc1ccc(C(N)c2cc(I)ccc2Br)cc1. The zero-order chi connectivity index (χ0) is 12.4. The third-order valence-corrected chi connectivity index (χ3v) is 4.12. The molecule has 0 saturated carbocycles. The predicted octanol–water partition coefficient (Wildman–Crippen LogP) is 4.41. The molecule has 2 rings (SSSR count). The van der Waals surface area contributed by atoms with Crippen LogP contribution in [-0.2, 0) is 0 Å². The minimum Gasteiger partial charge on any atom is -0.320 e. The molecule has 0 heterocycles. The maximum absolute atomic E-state index is 6.30. The summed E-state index contributed by atoms with van der Waals surface area (Å²) < 4.78 is 2.26. The van der Waals surface area contributed by atoms with Crippen LogP contribution in [-0.4, -0.2) is 0 Å². The van der Waals surface area contributed by atoms with Gasteiger partial charge >= 0.3 is 0 Å². The molecule has 0 amide bonds. The van der Waals surface area contributed by atoms with Gasteiger partial charge in [0.15, 0.2) is 0 Å². The molecule has 2 aromatic rings. The van der Waals surface area contributed by atoms with Crippen molar-refractivity contribution in [3.8, 4) is 0 Å². The summed E-state index contributed by atoms with van der Waals surface area (Å²) >= 11 is 5.86. The fourth-order valence-electron chi connectivity index (χ4n) is 1.71. The van der Waals surface area contributed by atoms with E-state index in [-0.39, 0.29) is 6.04 Å². The largest absolute Gasteiger partial charge is 0.320 e. The Hall–Kier alpha value is -0.390. The molecule has 88 valence electrons. The lowest BCUT2D eigenvalue weighted by atomic mass is 9.99. The highest BCUT2D eigenvalue weighted by Gasteiger charge is 2.12. The summed E-state index contributed by atoms with van der Waals surface area (Å²) in [5.41, 5.74) is 9.82. The number of hydrogen-bond acceptors (Lipinski definition) is 1. The van der Waals surface area contributed by atoms with E-state index in [1.54, 1.807) is 0 Å². The lowest BCUT2D eigenvalue weighted by Gasteiger charge is -2.15. The lowest BCUT2D eigenvalue weighted by molar-refractivity contribution is 0.864. The molecule has 1 unspecified atom stereocenters. The van der Waals surface area contributed by atoms with Gasteiger partial charge in [0.05, 0.1) is 6.04 Å². The predicted molar refractivity (Wildman–Crippen MR) is 84.1 cm³/mol. The Kier molecular flexibility index (Phi) is 4.22. The van der Waals surface area contributed by atoms with E-state index in [1.165, 1.54) is 9.13 Å². The molecule has 0 radical (unpaired) electrons. The molecule has 0 aliphatic carbocycles. The fraction of sp³-hybridized carbons (Fsp3) is 0.143. The second-order valence-corrected chi connectivity index (χ2v) is 6.15. The second kappa shape index (κ2) is 5.50. The first kappa shape index (κ1) is 13.1. The quantitative estimate of drug-likeness (QED) is 0.741. The first-order chi connectivity index (χ1) is 8.08. The minimum atomic E-state index is -0.0836. The summed E-state index contributed by atoms with van der Waals surface area (Å²) in [5, 5.41) is 0. The van der Waals surface area contributed by atoms with Gasteiger partial charge in [-0.15, -0.1) is 0 Å².